The number of nitrogens with zero attached hydrogens (tertiary/aromatic N) is 2. The molecule has 0 aliphatic carbocycles. The number of hydrogen-bond acceptors (Lipinski definition) is 3. The van der Waals surface area contributed by atoms with E-state index in [1.165, 1.54) is 0 Å². The van der Waals surface area contributed by atoms with E-state index in [0.29, 0.717) is 16.7 Å². The first-order valence-corrected chi connectivity index (χ1v) is 8.32. The SMILES string of the molecule is O=C(CC1C(=O)Nc2nc3ccccc3n21)Nc1cccc(Cl)c1Cl. The summed E-state index contributed by atoms with van der Waals surface area (Å²) in [5.74, 6) is -0.152. The number of para-hydroxylation sites is 2. The van der Waals surface area contributed by atoms with Crippen molar-refractivity contribution in [1.29, 1.82) is 0 Å². The van der Waals surface area contributed by atoms with Gasteiger partial charge < -0.3 is 5.32 Å². The van der Waals surface area contributed by atoms with Crippen molar-refractivity contribution >= 4 is 57.7 Å². The third-order valence-corrected chi connectivity index (χ3v) is 4.87. The molecule has 126 valence electrons. The number of imidazole rings is 1. The number of hydrogen-bond donors (Lipinski definition) is 2. The molecule has 0 saturated carbocycles. The molecule has 8 heteroatoms. The molecular weight excluding hydrogens is 363 g/mol. The summed E-state index contributed by atoms with van der Waals surface area (Å²) >= 11 is 12.0. The number of carbonyl (C=O) groups is 2. The quantitative estimate of drug-likeness (QED) is 0.730. The van der Waals surface area contributed by atoms with Crippen LogP contribution in [0, 0.1) is 0 Å². The van der Waals surface area contributed by atoms with Gasteiger partial charge in [0.2, 0.25) is 17.8 Å². The lowest BCUT2D eigenvalue weighted by Gasteiger charge is -2.13. The number of anilines is 2. The minimum atomic E-state index is -0.666. The normalized spacial score (nSPS) is 15.9. The van der Waals surface area contributed by atoms with Gasteiger partial charge in [-0.2, -0.15) is 0 Å². The van der Waals surface area contributed by atoms with Crippen molar-refractivity contribution in [2.45, 2.75) is 12.5 Å². The maximum absolute atomic E-state index is 12.4. The van der Waals surface area contributed by atoms with E-state index in [-0.39, 0.29) is 23.3 Å². The molecule has 1 atom stereocenters. The molecule has 1 aliphatic rings. The van der Waals surface area contributed by atoms with E-state index in [2.05, 4.69) is 15.6 Å². The van der Waals surface area contributed by atoms with Crippen molar-refractivity contribution < 1.29 is 9.59 Å². The molecule has 25 heavy (non-hydrogen) atoms. The van der Waals surface area contributed by atoms with Gasteiger partial charge in [0, 0.05) is 0 Å². The minimum absolute atomic E-state index is 0.0397. The largest absolute Gasteiger partial charge is 0.325 e. The maximum atomic E-state index is 12.4. The third kappa shape index (κ3) is 2.73. The Bertz CT molecular complexity index is 1020. The van der Waals surface area contributed by atoms with Gasteiger partial charge >= 0.3 is 0 Å². The number of rotatable bonds is 3. The van der Waals surface area contributed by atoms with Gasteiger partial charge in [-0.15, -0.1) is 0 Å². The number of aromatic nitrogens is 2. The third-order valence-electron chi connectivity index (χ3n) is 4.05. The standard InChI is InChI=1S/C17H12Cl2N4O2/c18-9-4-3-6-11(15(9)19)20-14(24)8-13-16(25)22-17-21-10-5-1-2-7-12(10)23(13)17/h1-7,13H,8H2,(H,20,24)(H,21,22,25). The molecule has 2 N–H and O–H groups in total. The highest BCUT2D eigenvalue weighted by Crippen LogP contribution is 2.33. The Morgan fingerprint density at radius 3 is 2.84 bits per heavy atom. The highest BCUT2D eigenvalue weighted by atomic mass is 35.5. The zero-order chi connectivity index (χ0) is 17.6. The summed E-state index contributed by atoms with van der Waals surface area (Å²) in [5, 5.41) is 6.03. The lowest BCUT2D eigenvalue weighted by atomic mass is 10.1. The number of carbonyl (C=O) groups excluding carboxylic acids is 2. The summed E-state index contributed by atoms with van der Waals surface area (Å²) in [4.78, 5) is 29.0. The van der Waals surface area contributed by atoms with Crippen LogP contribution in [0.5, 0.6) is 0 Å². The van der Waals surface area contributed by atoms with Gasteiger partial charge in [-0.3, -0.25) is 19.5 Å². The Morgan fingerprint density at radius 1 is 1.20 bits per heavy atom. The van der Waals surface area contributed by atoms with E-state index in [0.717, 1.165) is 11.0 Å². The second kappa shape index (κ2) is 6.06. The van der Waals surface area contributed by atoms with Crippen LogP contribution < -0.4 is 10.6 Å². The second-order valence-electron chi connectivity index (χ2n) is 5.65. The molecule has 6 nitrogen and oxygen atoms in total. The van der Waals surface area contributed by atoms with Crippen LogP contribution in [0.4, 0.5) is 11.6 Å². The average Bonchev–Trinajstić information content (AvgIpc) is 3.08. The molecule has 0 saturated heterocycles. The van der Waals surface area contributed by atoms with Crippen molar-refractivity contribution in [2.75, 3.05) is 10.6 Å². The molecular formula is C17H12Cl2N4O2. The first-order chi connectivity index (χ1) is 12.0. The first-order valence-electron chi connectivity index (χ1n) is 7.56. The van der Waals surface area contributed by atoms with E-state index >= 15 is 0 Å². The van der Waals surface area contributed by atoms with E-state index < -0.39 is 6.04 Å². The summed E-state index contributed by atoms with van der Waals surface area (Å²) in [6.07, 6.45) is -0.0397. The van der Waals surface area contributed by atoms with Crippen molar-refractivity contribution in [3.63, 3.8) is 0 Å². The predicted molar refractivity (Wildman–Crippen MR) is 97.1 cm³/mol. The van der Waals surface area contributed by atoms with Crippen LogP contribution in [0.3, 0.4) is 0 Å². The monoisotopic (exact) mass is 374 g/mol. The first kappa shape index (κ1) is 15.9. The van der Waals surface area contributed by atoms with Crippen LogP contribution >= 0.6 is 23.2 Å². The molecule has 2 heterocycles. The van der Waals surface area contributed by atoms with E-state index in [1.54, 1.807) is 22.8 Å². The molecule has 1 unspecified atom stereocenters. The molecule has 2 amide bonds. The summed E-state index contributed by atoms with van der Waals surface area (Å²) in [6.45, 7) is 0. The van der Waals surface area contributed by atoms with E-state index in [9.17, 15) is 9.59 Å². The number of amides is 2. The van der Waals surface area contributed by atoms with Gasteiger partial charge in [0.15, 0.2) is 0 Å². The van der Waals surface area contributed by atoms with Crippen LogP contribution in [-0.4, -0.2) is 21.4 Å². The fourth-order valence-corrected chi connectivity index (χ4v) is 3.27. The van der Waals surface area contributed by atoms with Gasteiger partial charge in [0.05, 0.1) is 33.2 Å². The van der Waals surface area contributed by atoms with Gasteiger partial charge in [-0.05, 0) is 24.3 Å². The van der Waals surface area contributed by atoms with Gasteiger partial charge in [0.1, 0.15) is 6.04 Å². The predicted octanol–water partition coefficient (Wildman–Crippen LogP) is 3.87. The lowest BCUT2D eigenvalue weighted by Crippen LogP contribution is -2.23. The highest BCUT2D eigenvalue weighted by molar-refractivity contribution is 6.44. The van der Waals surface area contributed by atoms with E-state index in [4.69, 9.17) is 23.2 Å². The van der Waals surface area contributed by atoms with Crippen LogP contribution in [0.25, 0.3) is 11.0 Å². The molecule has 2 aromatic carbocycles. The molecule has 0 spiro atoms. The van der Waals surface area contributed by atoms with Crippen molar-refractivity contribution in [3.8, 4) is 0 Å². The summed E-state index contributed by atoms with van der Waals surface area (Å²) < 4.78 is 1.75. The van der Waals surface area contributed by atoms with E-state index in [1.807, 2.05) is 24.3 Å². The Labute approximate surface area is 152 Å². The Kier molecular flexibility index (Phi) is 3.86. The number of fused-ring (bicyclic) bond motifs is 3. The zero-order valence-electron chi connectivity index (χ0n) is 12.8. The topological polar surface area (TPSA) is 76.0 Å². The molecule has 1 aromatic heterocycles. The van der Waals surface area contributed by atoms with Crippen LogP contribution in [0.15, 0.2) is 42.5 Å². The van der Waals surface area contributed by atoms with Crippen LogP contribution in [-0.2, 0) is 9.59 Å². The molecule has 0 bridgehead atoms. The Hall–Kier alpha value is -2.57. The van der Waals surface area contributed by atoms with Gasteiger partial charge in [0.25, 0.3) is 0 Å². The smallest absolute Gasteiger partial charge is 0.250 e. The zero-order valence-corrected chi connectivity index (χ0v) is 14.3. The lowest BCUT2D eigenvalue weighted by molar-refractivity contribution is -0.123. The molecule has 1 aliphatic heterocycles. The maximum Gasteiger partial charge on any atom is 0.250 e. The minimum Gasteiger partial charge on any atom is -0.325 e. The fourth-order valence-electron chi connectivity index (χ4n) is 2.92. The van der Waals surface area contributed by atoms with Crippen molar-refractivity contribution in [3.05, 3.63) is 52.5 Å². The molecule has 0 fully saturated rings. The molecule has 4 rings (SSSR count). The van der Waals surface area contributed by atoms with Crippen molar-refractivity contribution in [1.82, 2.24) is 9.55 Å². The highest BCUT2D eigenvalue weighted by Gasteiger charge is 2.34. The Balaban J connectivity index is 1.60. The van der Waals surface area contributed by atoms with Gasteiger partial charge in [-0.1, -0.05) is 41.4 Å². The van der Waals surface area contributed by atoms with Crippen LogP contribution in [0.1, 0.15) is 12.5 Å². The number of benzene rings is 2. The number of nitrogens with one attached hydrogen (secondary N) is 2. The molecule has 3 aromatic rings. The second-order valence-corrected chi connectivity index (χ2v) is 6.44. The Morgan fingerprint density at radius 2 is 2.00 bits per heavy atom. The van der Waals surface area contributed by atoms with Gasteiger partial charge in [-0.25, -0.2) is 4.98 Å². The number of halogens is 2. The molecule has 0 radical (unpaired) electrons. The average molecular weight is 375 g/mol. The summed E-state index contributed by atoms with van der Waals surface area (Å²) in [6, 6.07) is 11.8. The van der Waals surface area contributed by atoms with Crippen LogP contribution in [0.2, 0.25) is 10.0 Å². The summed E-state index contributed by atoms with van der Waals surface area (Å²) in [7, 11) is 0. The summed E-state index contributed by atoms with van der Waals surface area (Å²) in [5.41, 5.74) is 1.98. The van der Waals surface area contributed by atoms with Crippen molar-refractivity contribution in [2.24, 2.45) is 0 Å². The fraction of sp³-hybridized carbons (Fsp3) is 0.118.